The first kappa shape index (κ1) is 15.1. The number of carbonyl (C=O) groups is 2. The SMILES string of the molecule is O=C(O)[C@H]1CCCCN1C(=O)CSCC(F)(F)F. The van der Waals surface area contributed by atoms with Crippen LogP contribution in [0, 0.1) is 0 Å². The molecule has 8 heteroatoms. The molecular weight excluding hydrogens is 271 g/mol. The number of likely N-dealkylation sites (tertiary alicyclic amines) is 1. The second-order valence-electron chi connectivity index (χ2n) is 4.04. The van der Waals surface area contributed by atoms with Gasteiger partial charge in [-0.2, -0.15) is 13.2 Å². The molecule has 4 nitrogen and oxygen atoms in total. The molecule has 1 aliphatic rings. The number of carbonyl (C=O) groups excluding carboxylic acids is 1. The van der Waals surface area contributed by atoms with Crippen molar-refractivity contribution in [3.63, 3.8) is 0 Å². The number of hydrogen-bond donors (Lipinski definition) is 1. The lowest BCUT2D eigenvalue weighted by Gasteiger charge is -2.32. The quantitative estimate of drug-likeness (QED) is 0.855. The van der Waals surface area contributed by atoms with E-state index in [1.807, 2.05) is 0 Å². The second-order valence-corrected chi connectivity index (χ2v) is 5.03. The Hall–Kier alpha value is -0.920. The van der Waals surface area contributed by atoms with Crippen molar-refractivity contribution < 1.29 is 27.9 Å². The van der Waals surface area contributed by atoms with Crippen molar-refractivity contribution in [1.82, 2.24) is 4.90 Å². The molecule has 0 aromatic rings. The van der Waals surface area contributed by atoms with Gasteiger partial charge in [0.2, 0.25) is 5.91 Å². The van der Waals surface area contributed by atoms with E-state index in [2.05, 4.69) is 0 Å². The highest BCUT2D eigenvalue weighted by Crippen LogP contribution is 2.23. The summed E-state index contributed by atoms with van der Waals surface area (Å²) in [6.45, 7) is 0.308. The lowest BCUT2D eigenvalue weighted by Crippen LogP contribution is -2.48. The van der Waals surface area contributed by atoms with Crippen LogP contribution < -0.4 is 0 Å². The van der Waals surface area contributed by atoms with E-state index in [1.54, 1.807) is 0 Å². The van der Waals surface area contributed by atoms with Crippen LogP contribution in [0.4, 0.5) is 13.2 Å². The predicted molar refractivity (Wildman–Crippen MR) is 60.4 cm³/mol. The van der Waals surface area contributed by atoms with E-state index in [-0.39, 0.29) is 5.75 Å². The summed E-state index contributed by atoms with van der Waals surface area (Å²) in [4.78, 5) is 23.8. The van der Waals surface area contributed by atoms with E-state index in [0.717, 1.165) is 6.42 Å². The largest absolute Gasteiger partial charge is 0.480 e. The monoisotopic (exact) mass is 285 g/mol. The molecule has 0 bridgehead atoms. The zero-order valence-corrected chi connectivity index (χ0v) is 10.4. The van der Waals surface area contributed by atoms with E-state index >= 15 is 0 Å². The van der Waals surface area contributed by atoms with Crippen LogP contribution in [0.25, 0.3) is 0 Å². The van der Waals surface area contributed by atoms with Crippen LogP contribution >= 0.6 is 11.8 Å². The van der Waals surface area contributed by atoms with Gasteiger partial charge in [0.15, 0.2) is 0 Å². The van der Waals surface area contributed by atoms with Gasteiger partial charge in [-0.05, 0) is 19.3 Å². The summed E-state index contributed by atoms with van der Waals surface area (Å²) in [5.74, 6) is -3.05. The molecule has 1 rings (SSSR count). The zero-order chi connectivity index (χ0) is 13.8. The van der Waals surface area contributed by atoms with Gasteiger partial charge in [0.1, 0.15) is 6.04 Å². The Labute approximate surface area is 107 Å². The maximum Gasteiger partial charge on any atom is 0.397 e. The van der Waals surface area contributed by atoms with Gasteiger partial charge < -0.3 is 10.0 Å². The number of halogens is 3. The molecule has 0 spiro atoms. The molecule has 1 heterocycles. The van der Waals surface area contributed by atoms with E-state index in [4.69, 9.17) is 5.11 Å². The number of alkyl halides is 3. The second kappa shape index (κ2) is 6.31. The van der Waals surface area contributed by atoms with Crippen molar-refractivity contribution in [3.8, 4) is 0 Å². The molecule has 0 aromatic heterocycles. The Bertz CT molecular complexity index is 322. The fraction of sp³-hybridized carbons (Fsp3) is 0.800. The molecule has 1 aliphatic heterocycles. The Balaban J connectivity index is 2.46. The lowest BCUT2D eigenvalue weighted by molar-refractivity contribution is -0.151. The van der Waals surface area contributed by atoms with Gasteiger partial charge in [-0.1, -0.05) is 0 Å². The number of hydrogen-bond acceptors (Lipinski definition) is 3. The lowest BCUT2D eigenvalue weighted by atomic mass is 10.0. The van der Waals surface area contributed by atoms with Crippen molar-refractivity contribution >= 4 is 23.6 Å². The summed E-state index contributed by atoms with van der Waals surface area (Å²) in [6.07, 6.45) is -2.53. The van der Waals surface area contributed by atoms with E-state index in [9.17, 15) is 22.8 Å². The van der Waals surface area contributed by atoms with Gasteiger partial charge >= 0.3 is 12.1 Å². The predicted octanol–water partition coefficient (Wildman–Crippen LogP) is 1.75. The fourth-order valence-electron chi connectivity index (χ4n) is 1.82. The third kappa shape index (κ3) is 4.75. The summed E-state index contributed by atoms with van der Waals surface area (Å²) < 4.78 is 35.7. The van der Waals surface area contributed by atoms with E-state index in [1.165, 1.54) is 4.90 Å². The van der Waals surface area contributed by atoms with Crippen LogP contribution in [-0.4, -0.2) is 52.2 Å². The molecule has 1 atom stereocenters. The maximum atomic E-state index is 11.9. The first-order valence-corrected chi connectivity index (χ1v) is 6.63. The van der Waals surface area contributed by atoms with Gasteiger partial charge in [-0.3, -0.25) is 4.79 Å². The van der Waals surface area contributed by atoms with Gasteiger partial charge in [0.05, 0.1) is 11.5 Å². The van der Waals surface area contributed by atoms with Crippen LogP contribution in [-0.2, 0) is 9.59 Å². The molecule has 0 unspecified atom stereocenters. The standard InChI is InChI=1S/C10H14F3NO3S/c11-10(12,13)6-18-5-8(15)14-4-2-1-3-7(14)9(16)17/h7H,1-6H2,(H,16,17)/t7-/m1/s1. The average molecular weight is 285 g/mol. The van der Waals surface area contributed by atoms with Crippen LogP contribution in [0.1, 0.15) is 19.3 Å². The maximum absolute atomic E-state index is 11.9. The Morgan fingerprint density at radius 3 is 2.56 bits per heavy atom. The minimum atomic E-state index is -4.31. The minimum Gasteiger partial charge on any atom is -0.480 e. The van der Waals surface area contributed by atoms with Crippen molar-refractivity contribution in [1.29, 1.82) is 0 Å². The van der Waals surface area contributed by atoms with Crippen LogP contribution in [0.15, 0.2) is 0 Å². The van der Waals surface area contributed by atoms with Gasteiger partial charge in [0, 0.05) is 6.54 Å². The van der Waals surface area contributed by atoms with Gasteiger partial charge in [-0.15, -0.1) is 11.8 Å². The third-order valence-electron chi connectivity index (χ3n) is 2.60. The Morgan fingerprint density at radius 2 is 2.00 bits per heavy atom. The highest BCUT2D eigenvalue weighted by atomic mass is 32.2. The number of piperidine rings is 1. The Morgan fingerprint density at radius 1 is 1.33 bits per heavy atom. The first-order valence-electron chi connectivity index (χ1n) is 5.48. The number of rotatable bonds is 4. The molecule has 0 saturated carbocycles. The van der Waals surface area contributed by atoms with E-state index in [0.29, 0.717) is 31.1 Å². The molecular formula is C10H14F3NO3S. The molecule has 1 fully saturated rings. The number of nitrogens with zero attached hydrogens (tertiary/aromatic N) is 1. The zero-order valence-electron chi connectivity index (χ0n) is 9.57. The normalized spacial score (nSPS) is 20.8. The van der Waals surface area contributed by atoms with Crippen LogP contribution in [0.3, 0.4) is 0 Å². The Kier molecular flexibility index (Phi) is 5.30. The van der Waals surface area contributed by atoms with E-state index < -0.39 is 29.8 Å². The molecule has 18 heavy (non-hydrogen) atoms. The smallest absolute Gasteiger partial charge is 0.397 e. The molecule has 104 valence electrons. The first-order chi connectivity index (χ1) is 8.31. The van der Waals surface area contributed by atoms with Crippen molar-refractivity contribution in [2.24, 2.45) is 0 Å². The van der Waals surface area contributed by atoms with Crippen molar-refractivity contribution in [2.45, 2.75) is 31.5 Å². The molecule has 1 N–H and O–H groups in total. The summed E-state index contributed by atoms with van der Waals surface area (Å²) >= 11 is 0.467. The van der Waals surface area contributed by atoms with Crippen LogP contribution in [0.2, 0.25) is 0 Å². The number of amides is 1. The van der Waals surface area contributed by atoms with Crippen molar-refractivity contribution in [3.05, 3.63) is 0 Å². The van der Waals surface area contributed by atoms with Crippen molar-refractivity contribution in [2.75, 3.05) is 18.1 Å². The average Bonchev–Trinajstić information content (AvgIpc) is 2.27. The number of carboxylic acids is 1. The molecule has 1 amide bonds. The highest BCUT2D eigenvalue weighted by Gasteiger charge is 2.33. The van der Waals surface area contributed by atoms with Gasteiger partial charge in [0.25, 0.3) is 0 Å². The molecule has 0 aromatic carbocycles. The molecule has 0 aliphatic carbocycles. The number of aliphatic carboxylic acids is 1. The van der Waals surface area contributed by atoms with Gasteiger partial charge in [-0.25, -0.2) is 4.79 Å². The molecule has 0 radical (unpaired) electrons. The summed E-state index contributed by atoms with van der Waals surface area (Å²) in [5, 5.41) is 8.93. The van der Waals surface area contributed by atoms with Crippen LogP contribution in [0.5, 0.6) is 0 Å². The summed E-state index contributed by atoms with van der Waals surface area (Å²) in [5.41, 5.74) is 0. The summed E-state index contributed by atoms with van der Waals surface area (Å²) in [7, 11) is 0. The number of carboxylic acid groups (broad SMARTS) is 1. The summed E-state index contributed by atoms with van der Waals surface area (Å²) in [6, 6.07) is -0.891. The third-order valence-corrected chi connectivity index (χ3v) is 3.58. The number of thioether (sulfide) groups is 1. The molecule has 1 saturated heterocycles. The highest BCUT2D eigenvalue weighted by molar-refractivity contribution is 8.00. The fourth-order valence-corrected chi connectivity index (χ4v) is 2.50. The topological polar surface area (TPSA) is 57.6 Å². The minimum absolute atomic E-state index is 0.308.